The summed E-state index contributed by atoms with van der Waals surface area (Å²) in [6.45, 7) is 4.37. The Hall–Kier alpha value is -2.04. The molecule has 5 heteroatoms. The van der Waals surface area contributed by atoms with Crippen molar-refractivity contribution in [3.05, 3.63) is 42.2 Å². The monoisotopic (exact) mass is 263 g/mol. The van der Waals surface area contributed by atoms with Crippen molar-refractivity contribution in [2.45, 2.75) is 19.9 Å². The third-order valence-electron chi connectivity index (χ3n) is 2.86. The molecule has 1 aromatic carbocycles. The smallest absolute Gasteiger partial charge is 0.145 e. The molecule has 1 aromatic heterocycles. The number of hydrogen-bond acceptors (Lipinski definition) is 3. The second-order valence-electron chi connectivity index (χ2n) is 4.34. The first-order chi connectivity index (χ1) is 9.11. The molecule has 1 N–H and O–H groups in total. The first-order valence-electron chi connectivity index (χ1n) is 6.28. The predicted molar refractivity (Wildman–Crippen MR) is 72.8 cm³/mol. The quantitative estimate of drug-likeness (QED) is 0.900. The number of imidazole rings is 1. The second kappa shape index (κ2) is 5.73. The molecule has 0 aliphatic heterocycles. The van der Waals surface area contributed by atoms with E-state index in [1.165, 1.54) is 12.1 Å². The Morgan fingerprint density at radius 3 is 2.89 bits per heavy atom. The van der Waals surface area contributed by atoms with Crippen molar-refractivity contribution in [3.8, 4) is 5.75 Å². The fourth-order valence-electron chi connectivity index (χ4n) is 1.98. The highest BCUT2D eigenvalue weighted by molar-refractivity contribution is 5.57. The molecule has 4 nitrogen and oxygen atoms in total. The summed E-state index contributed by atoms with van der Waals surface area (Å²) < 4.78 is 20.6. The lowest BCUT2D eigenvalue weighted by Crippen LogP contribution is -2.12. The van der Waals surface area contributed by atoms with E-state index in [0.29, 0.717) is 12.4 Å². The van der Waals surface area contributed by atoms with Crippen molar-refractivity contribution < 1.29 is 9.13 Å². The molecule has 1 atom stereocenters. The van der Waals surface area contributed by atoms with E-state index >= 15 is 0 Å². The van der Waals surface area contributed by atoms with Gasteiger partial charge in [0.15, 0.2) is 0 Å². The van der Waals surface area contributed by atoms with Gasteiger partial charge in [0.2, 0.25) is 0 Å². The van der Waals surface area contributed by atoms with Crippen molar-refractivity contribution >= 4 is 5.69 Å². The summed E-state index contributed by atoms with van der Waals surface area (Å²) in [5, 5.41) is 3.29. The number of aromatic nitrogens is 2. The van der Waals surface area contributed by atoms with E-state index in [1.54, 1.807) is 12.3 Å². The number of aryl methyl sites for hydroxylation is 1. The Morgan fingerprint density at radius 1 is 1.47 bits per heavy atom. The lowest BCUT2D eigenvalue weighted by molar-refractivity contribution is 0.339. The molecular weight excluding hydrogens is 245 g/mol. The predicted octanol–water partition coefficient (Wildman–Crippen LogP) is 3.13. The minimum Gasteiger partial charge on any atom is -0.492 e. The normalized spacial score (nSPS) is 12.2. The molecule has 0 amide bonds. The largest absolute Gasteiger partial charge is 0.492 e. The Bertz CT molecular complexity index is 553. The molecule has 0 fully saturated rings. The molecule has 0 saturated heterocycles. The average molecular weight is 263 g/mol. The molecule has 0 bridgehead atoms. The van der Waals surface area contributed by atoms with Crippen LogP contribution in [0.1, 0.15) is 25.7 Å². The Balaban J connectivity index is 2.21. The van der Waals surface area contributed by atoms with Crippen LogP contribution < -0.4 is 10.1 Å². The molecule has 102 valence electrons. The lowest BCUT2D eigenvalue weighted by Gasteiger charge is -2.18. The van der Waals surface area contributed by atoms with Gasteiger partial charge in [0.1, 0.15) is 17.4 Å². The van der Waals surface area contributed by atoms with Gasteiger partial charge in [0.25, 0.3) is 0 Å². The van der Waals surface area contributed by atoms with Gasteiger partial charge < -0.3 is 14.6 Å². The van der Waals surface area contributed by atoms with Gasteiger partial charge in [0, 0.05) is 25.5 Å². The molecule has 2 rings (SSSR count). The zero-order chi connectivity index (χ0) is 13.8. The highest BCUT2D eigenvalue weighted by atomic mass is 19.1. The van der Waals surface area contributed by atoms with Crippen LogP contribution in [0.2, 0.25) is 0 Å². The van der Waals surface area contributed by atoms with Gasteiger partial charge in [-0.2, -0.15) is 0 Å². The minimum absolute atomic E-state index is 0.00432. The van der Waals surface area contributed by atoms with Gasteiger partial charge in [-0.3, -0.25) is 0 Å². The maximum Gasteiger partial charge on any atom is 0.145 e. The Kier molecular flexibility index (Phi) is 4.04. The fourth-order valence-corrected chi connectivity index (χ4v) is 1.98. The summed E-state index contributed by atoms with van der Waals surface area (Å²) in [5.74, 6) is 1.12. The first kappa shape index (κ1) is 13.4. The summed E-state index contributed by atoms with van der Waals surface area (Å²) in [4.78, 5) is 4.29. The average Bonchev–Trinajstić information content (AvgIpc) is 2.79. The number of rotatable bonds is 5. The summed E-state index contributed by atoms with van der Waals surface area (Å²) in [5.41, 5.74) is 0.763. The van der Waals surface area contributed by atoms with Crippen LogP contribution in [0, 0.1) is 5.82 Å². The summed E-state index contributed by atoms with van der Waals surface area (Å²) in [6, 6.07) is 4.48. The third kappa shape index (κ3) is 3.05. The number of anilines is 1. The van der Waals surface area contributed by atoms with Crippen molar-refractivity contribution in [2.75, 3.05) is 11.9 Å². The number of benzene rings is 1. The number of ether oxygens (including phenoxy) is 1. The van der Waals surface area contributed by atoms with E-state index in [1.807, 2.05) is 31.7 Å². The van der Waals surface area contributed by atoms with Crippen LogP contribution in [0.5, 0.6) is 5.75 Å². The molecule has 19 heavy (non-hydrogen) atoms. The molecular formula is C14H18FN3O. The number of nitrogens with zero attached hydrogens (tertiary/aromatic N) is 2. The molecule has 1 unspecified atom stereocenters. The lowest BCUT2D eigenvalue weighted by atomic mass is 10.2. The van der Waals surface area contributed by atoms with E-state index < -0.39 is 0 Å². The second-order valence-corrected chi connectivity index (χ2v) is 4.34. The van der Waals surface area contributed by atoms with Gasteiger partial charge in [-0.25, -0.2) is 9.37 Å². The van der Waals surface area contributed by atoms with E-state index in [-0.39, 0.29) is 11.9 Å². The van der Waals surface area contributed by atoms with Crippen LogP contribution in [0.15, 0.2) is 30.6 Å². The van der Waals surface area contributed by atoms with Crippen molar-refractivity contribution in [1.29, 1.82) is 0 Å². The summed E-state index contributed by atoms with van der Waals surface area (Å²) in [6.07, 6.45) is 3.64. The molecule has 1 heterocycles. The van der Waals surface area contributed by atoms with Gasteiger partial charge >= 0.3 is 0 Å². The maximum atomic E-state index is 13.2. The summed E-state index contributed by atoms with van der Waals surface area (Å²) in [7, 11) is 1.94. The van der Waals surface area contributed by atoms with Crippen molar-refractivity contribution in [3.63, 3.8) is 0 Å². The number of halogens is 1. The zero-order valence-corrected chi connectivity index (χ0v) is 11.4. The standard InChI is InChI=1S/C14H18FN3O/c1-4-19-13-9-11(15)5-6-12(13)17-10(2)14-16-7-8-18(14)3/h5-10,17H,4H2,1-3H3. The van der Waals surface area contributed by atoms with Gasteiger partial charge in [-0.15, -0.1) is 0 Å². The molecule has 0 saturated carbocycles. The van der Waals surface area contributed by atoms with Crippen LogP contribution in [-0.4, -0.2) is 16.2 Å². The molecule has 0 aliphatic carbocycles. The topological polar surface area (TPSA) is 39.1 Å². The van der Waals surface area contributed by atoms with Gasteiger partial charge in [-0.1, -0.05) is 0 Å². The Labute approximate surface area is 112 Å². The van der Waals surface area contributed by atoms with Crippen LogP contribution in [0.3, 0.4) is 0 Å². The maximum absolute atomic E-state index is 13.2. The summed E-state index contributed by atoms with van der Waals surface area (Å²) >= 11 is 0. The van der Waals surface area contributed by atoms with E-state index in [9.17, 15) is 4.39 Å². The van der Waals surface area contributed by atoms with Gasteiger partial charge in [-0.05, 0) is 26.0 Å². The van der Waals surface area contributed by atoms with Crippen LogP contribution >= 0.6 is 0 Å². The van der Waals surface area contributed by atoms with E-state index in [4.69, 9.17) is 4.74 Å². The fraction of sp³-hybridized carbons (Fsp3) is 0.357. The van der Waals surface area contributed by atoms with Crippen molar-refractivity contribution in [2.24, 2.45) is 7.05 Å². The SMILES string of the molecule is CCOc1cc(F)ccc1NC(C)c1nccn1C. The van der Waals surface area contributed by atoms with Gasteiger partial charge in [0.05, 0.1) is 18.3 Å². The van der Waals surface area contributed by atoms with Crippen LogP contribution in [0.4, 0.5) is 10.1 Å². The first-order valence-corrected chi connectivity index (χ1v) is 6.28. The minimum atomic E-state index is -0.307. The van der Waals surface area contributed by atoms with Crippen LogP contribution in [-0.2, 0) is 7.05 Å². The number of nitrogens with one attached hydrogen (secondary N) is 1. The van der Waals surface area contributed by atoms with Crippen molar-refractivity contribution in [1.82, 2.24) is 9.55 Å². The van der Waals surface area contributed by atoms with E-state index in [0.717, 1.165) is 11.5 Å². The third-order valence-corrected chi connectivity index (χ3v) is 2.86. The number of hydrogen-bond donors (Lipinski definition) is 1. The highest BCUT2D eigenvalue weighted by Gasteiger charge is 2.13. The van der Waals surface area contributed by atoms with E-state index in [2.05, 4.69) is 10.3 Å². The highest BCUT2D eigenvalue weighted by Crippen LogP contribution is 2.28. The zero-order valence-electron chi connectivity index (χ0n) is 11.4. The molecule has 0 radical (unpaired) electrons. The Morgan fingerprint density at radius 2 is 2.26 bits per heavy atom. The van der Waals surface area contributed by atoms with Crippen LogP contribution in [0.25, 0.3) is 0 Å². The molecule has 0 aliphatic rings. The molecule has 0 spiro atoms. The molecule has 2 aromatic rings.